The van der Waals surface area contributed by atoms with Crippen LogP contribution < -0.4 is 5.32 Å². The molecule has 2 heterocycles. The largest absolute Gasteiger partial charge is 0.441 e. The van der Waals surface area contributed by atoms with Crippen LogP contribution in [-0.2, 0) is 17.6 Å². The SMILES string of the molecule is Cc1oc(-c2ccccc2)nc1CC(=O)NCCCc1nc2ccccc2[nH]1. The summed E-state index contributed by atoms with van der Waals surface area (Å²) in [6, 6.07) is 17.6. The third kappa shape index (κ3) is 4.11. The maximum absolute atomic E-state index is 12.2. The summed E-state index contributed by atoms with van der Waals surface area (Å²) in [5.41, 5.74) is 3.59. The standard InChI is InChI=1S/C22H22N4O2/c1-15-19(26-22(28-15)16-8-3-2-4-9-16)14-21(27)23-13-7-12-20-24-17-10-5-6-11-18(17)25-20/h2-6,8-11H,7,12-14H2,1H3,(H,23,27)(H,24,25). The molecule has 0 fully saturated rings. The zero-order valence-electron chi connectivity index (χ0n) is 15.7. The number of benzene rings is 2. The summed E-state index contributed by atoms with van der Waals surface area (Å²) < 4.78 is 5.71. The maximum atomic E-state index is 12.2. The van der Waals surface area contributed by atoms with Gasteiger partial charge < -0.3 is 14.7 Å². The van der Waals surface area contributed by atoms with Gasteiger partial charge in [-0.3, -0.25) is 4.79 Å². The first-order valence-corrected chi connectivity index (χ1v) is 9.41. The van der Waals surface area contributed by atoms with Crippen LogP contribution in [0.15, 0.2) is 59.0 Å². The summed E-state index contributed by atoms with van der Waals surface area (Å²) in [5, 5.41) is 2.95. The van der Waals surface area contributed by atoms with E-state index >= 15 is 0 Å². The molecule has 0 bridgehead atoms. The van der Waals surface area contributed by atoms with Gasteiger partial charge in [0, 0.05) is 18.5 Å². The summed E-state index contributed by atoms with van der Waals surface area (Å²) in [4.78, 5) is 24.6. The van der Waals surface area contributed by atoms with Crippen molar-refractivity contribution in [3.8, 4) is 11.5 Å². The molecule has 0 atom stereocenters. The molecule has 2 aromatic carbocycles. The lowest BCUT2D eigenvalue weighted by atomic mass is 10.2. The summed E-state index contributed by atoms with van der Waals surface area (Å²) in [7, 11) is 0. The van der Waals surface area contributed by atoms with Crippen molar-refractivity contribution in [2.24, 2.45) is 0 Å². The Hall–Kier alpha value is -3.41. The lowest BCUT2D eigenvalue weighted by Gasteiger charge is -2.03. The number of carbonyl (C=O) groups excluding carboxylic acids is 1. The number of aryl methyl sites for hydroxylation is 2. The Morgan fingerprint density at radius 1 is 1.07 bits per heavy atom. The van der Waals surface area contributed by atoms with Crippen molar-refractivity contribution in [1.82, 2.24) is 20.3 Å². The molecule has 4 aromatic rings. The fourth-order valence-corrected chi connectivity index (χ4v) is 3.12. The minimum atomic E-state index is -0.0550. The predicted octanol–water partition coefficient (Wildman–Crippen LogP) is 3.82. The van der Waals surface area contributed by atoms with Crippen LogP contribution in [0.3, 0.4) is 0 Å². The number of nitrogens with one attached hydrogen (secondary N) is 2. The lowest BCUT2D eigenvalue weighted by molar-refractivity contribution is -0.120. The van der Waals surface area contributed by atoms with Crippen LogP contribution in [0.25, 0.3) is 22.5 Å². The predicted molar refractivity (Wildman–Crippen MR) is 108 cm³/mol. The van der Waals surface area contributed by atoms with Crippen LogP contribution in [0.4, 0.5) is 0 Å². The second-order valence-electron chi connectivity index (χ2n) is 6.72. The van der Waals surface area contributed by atoms with E-state index in [1.165, 1.54) is 0 Å². The fraction of sp³-hybridized carbons (Fsp3) is 0.227. The van der Waals surface area contributed by atoms with Gasteiger partial charge in [-0.2, -0.15) is 0 Å². The van der Waals surface area contributed by atoms with Gasteiger partial charge >= 0.3 is 0 Å². The van der Waals surface area contributed by atoms with Crippen LogP contribution >= 0.6 is 0 Å². The first kappa shape index (κ1) is 18.0. The van der Waals surface area contributed by atoms with Gasteiger partial charge in [-0.05, 0) is 37.6 Å². The number of hydrogen-bond donors (Lipinski definition) is 2. The zero-order valence-corrected chi connectivity index (χ0v) is 15.7. The maximum Gasteiger partial charge on any atom is 0.226 e. The van der Waals surface area contributed by atoms with Crippen molar-refractivity contribution in [2.75, 3.05) is 6.54 Å². The van der Waals surface area contributed by atoms with Crippen LogP contribution in [0.5, 0.6) is 0 Å². The van der Waals surface area contributed by atoms with E-state index in [-0.39, 0.29) is 12.3 Å². The fourth-order valence-electron chi connectivity index (χ4n) is 3.12. The number of fused-ring (bicyclic) bond motifs is 1. The second-order valence-corrected chi connectivity index (χ2v) is 6.72. The highest BCUT2D eigenvalue weighted by molar-refractivity contribution is 5.78. The van der Waals surface area contributed by atoms with Gasteiger partial charge in [-0.1, -0.05) is 30.3 Å². The van der Waals surface area contributed by atoms with E-state index in [1.54, 1.807) is 0 Å². The smallest absolute Gasteiger partial charge is 0.226 e. The number of carbonyl (C=O) groups is 1. The van der Waals surface area contributed by atoms with Crippen LogP contribution in [0.1, 0.15) is 23.7 Å². The van der Waals surface area contributed by atoms with Crippen molar-refractivity contribution in [3.05, 3.63) is 71.9 Å². The number of rotatable bonds is 7. The highest BCUT2D eigenvalue weighted by Crippen LogP contribution is 2.21. The molecule has 2 N–H and O–H groups in total. The van der Waals surface area contributed by atoms with Gasteiger partial charge in [0.05, 0.1) is 23.1 Å². The first-order chi connectivity index (χ1) is 13.7. The monoisotopic (exact) mass is 374 g/mol. The van der Waals surface area contributed by atoms with E-state index in [9.17, 15) is 4.79 Å². The topological polar surface area (TPSA) is 83.8 Å². The number of oxazole rings is 1. The Kier molecular flexibility index (Phi) is 5.19. The van der Waals surface area contributed by atoms with Gasteiger partial charge in [0.15, 0.2) is 0 Å². The Bertz CT molecular complexity index is 1050. The van der Waals surface area contributed by atoms with Gasteiger partial charge in [-0.25, -0.2) is 9.97 Å². The van der Waals surface area contributed by atoms with Crippen LogP contribution in [-0.4, -0.2) is 27.4 Å². The van der Waals surface area contributed by atoms with Crippen LogP contribution in [0, 0.1) is 6.92 Å². The minimum Gasteiger partial charge on any atom is -0.441 e. The van der Waals surface area contributed by atoms with Crippen molar-refractivity contribution in [3.63, 3.8) is 0 Å². The van der Waals surface area contributed by atoms with Gasteiger partial charge in [0.25, 0.3) is 0 Å². The second kappa shape index (κ2) is 8.08. The number of amides is 1. The molecule has 0 saturated heterocycles. The molecule has 28 heavy (non-hydrogen) atoms. The van der Waals surface area contributed by atoms with Crippen molar-refractivity contribution >= 4 is 16.9 Å². The Balaban J connectivity index is 1.27. The summed E-state index contributed by atoms with van der Waals surface area (Å²) in [6.45, 7) is 2.43. The highest BCUT2D eigenvalue weighted by Gasteiger charge is 2.14. The number of imidazole rings is 1. The summed E-state index contributed by atoms with van der Waals surface area (Å²) in [5.74, 6) is 2.11. The number of para-hydroxylation sites is 2. The van der Waals surface area contributed by atoms with Crippen molar-refractivity contribution < 1.29 is 9.21 Å². The number of aromatic amines is 1. The lowest BCUT2D eigenvalue weighted by Crippen LogP contribution is -2.26. The van der Waals surface area contributed by atoms with E-state index in [0.717, 1.165) is 35.3 Å². The Morgan fingerprint density at radius 2 is 1.86 bits per heavy atom. The summed E-state index contributed by atoms with van der Waals surface area (Å²) in [6.07, 6.45) is 1.82. The Labute approximate surface area is 163 Å². The molecule has 1 amide bonds. The van der Waals surface area contributed by atoms with Crippen LogP contribution in [0.2, 0.25) is 0 Å². The molecule has 4 rings (SSSR count). The van der Waals surface area contributed by atoms with Gasteiger partial charge in [-0.15, -0.1) is 0 Å². The molecular formula is C22H22N4O2. The quantitative estimate of drug-likeness (QED) is 0.482. The number of hydrogen-bond acceptors (Lipinski definition) is 4. The van der Waals surface area contributed by atoms with Gasteiger partial charge in [0.2, 0.25) is 11.8 Å². The molecule has 0 unspecified atom stereocenters. The third-order valence-corrected chi connectivity index (χ3v) is 4.59. The van der Waals surface area contributed by atoms with E-state index in [1.807, 2.05) is 61.5 Å². The molecule has 0 aliphatic rings. The normalized spacial score (nSPS) is 11.0. The molecule has 6 nitrogen and oxygen atoms in total. The van der Waals surface area contributed by atoms with E-state index in [0.29, 0.717) is 23.9 Å². The van der Waals surface area contributed by atoms with Crippen molar-refractivity contribution in [1.29, 1.82) is 0 Å². The molecule has 0 spiro atoms. The molecule has 0 aliphatic carbocycles. The first-order valence-electron chi connectivity index (χ1n) is 9.41. The summed E-state index contributed by atoms with van der Waals surface area (Å²) >= 11 is 0. The van der Waals surface area contributed by atoms with Crippen molar-refractivity contribution in [2.45, 2.75) is 26.2 Å². The van der Waals surface area contributed by atoms with E-state index < -0.39 is 0 Å². The third-order valence-electron chi connectivity index (χ3n) is 4.59. The Morgan fingerprint density at radius 3 is 2.68 bits per heavy atom. The number of H-pyrrole nitrogens is 1. The molecule has 0 aliphatic heterocycles. The number of nitrogens with zero attached hydrogens (tertiary/aromatic N) is 2. The average Bonchev–Trinajstić information content (AvgIpc) is 3.29. The molecule has 142 valence electrons. The highest BCUT2D eigenvalue weighted by atomic mass is 16.4. The molecule has 6 heteroatoms. The number of aromatic nitrogens is 3. The zero-order chi connectivity index (χ0) is 19.3. The minimum absolute atomic E-state index is 0.0550. The van der Waals surface area contributed by atoms with E-state index in [2.05, 4.69) is 20.3 Å². The molecule has 0 radical (unpaired) electrons. The molecule has 0 saturated carbocycles. The van der Waals surface area contributed by atoms with Gasteiger partial charge in [0.1, 0.15) is 11.6 Å². The van der Waals surface area contributed by atoms with E-state index in [4.69, 9.17) is 4.42 Å². The average molecular weight is 374 g/mol. The molecule has 2 aromatic heterocycles. The molecular weight excluding hydrogens is 352 g/mol.